The normalized spacial score (nSPS) is 9.89. The molecule has 0 saturated carbocycles. The highest BCUT2D eigenvalue weighted by molar-refractivity contribution is 6.00. The van der Waals surface area contributed by atoms with Crippen LogP contribution in [0, 0.1) is 0 Å². The number of para-hydroxylation sites is 1. The Balaban J connectivity index is 3.04. The van der Waals surface area contributed by atoms with Crippen molar-refractivity contribution in [1.82, 2.24) is 4.90 Å². The third-order valence-electron chi connectivity index (χ3n) is 2.65. The van der Waals surface area contributed by atoms with Crippen molar-refractivity contribution >= 4 is 11.6 Å². The van der Waals surface area contributed by atoms with Crippen molar-refractivity contribution in [3.8, 4) is 5.75 Å². The molecular formula is C14H20N2O2. The number of anilines is 1. The van der Waals surface area contributed by atoms with E-state index in [1.54, 1.807) is 29.2 Å². The first-order valence-electron chi connectivity index (χ1n) is 5.98. The van der Waals surface area contributed by atoms with Gasteiger partial charge in [0.2, 0.25) is 0 Å². The molecule has 0 saturated heterocycles. The van der Waals surface area contributed by atoms with Gasteiger partial charge in [0.05, 0.1) is 18.4 Å². The molecule has 4 nitrogen and oxygen atoms in total. The van der Waals surface area contributed by atoms with E-state index in [4.69, 9.17) is 10.5 Å². The lowest BCUT2D eigenvalue weighted by molar-refractivity contribution is 0.0774. The van der Waals surface area contributed by atoms with Gasteiger partial charge in [-0.15, -0.1) is 6.58 Å². The molecule has 0 atom stereocenters. The maximum Gasteiger partial charge on any atom is 0.256 e. The topological polar surface area (TPSA) is 55.6 Å². The summed E-state index contributed by atoms with van der Waals surface area (Å²) >= 11 is 0. The lowest BCUT2D eigenvalue weighted by Gasteiger charge is -2.21. The molecule has 2 N–H and O–H groups in total. The van der Waals surface area contributed by atoms with Crippen LogP contribution in [0.4, 0.5) is 5.69 Å². The highest BCUT2D eigenvalue weighted by Gasteiger charge is 2.18. The Kier molecular flexibility index (Phi) is 5.24. The Morgan fingerprint density at radius 2 is 2.28 bits per heavy atom. The Bertz CT molecular complexity index is 430. The zero-order valence-corrected chi connectivity index (χ0v) is 11.0. The van der Waals surface area contributed by atoms with E-state index in [1.807, 2.05) is 6.92 Å². The lowest BCUT2D eigenvalue weighted by Crippen LogP contribution is -2.32. The largest absolute Gasteiger partial charge is 0.495 e. The van der Waals surface area contributed by atoms with Crippen molar-refractivity contribution < 1.29 is 9.53 Å². The summed E-state index contributed by atoms with van der Waals surface area (Å²) in [7, 11) is 1.54. The molecule has 18 heavy (non-hydrogen) atoms. The first-order chi connectivity index (χ1) is 8.65. The van der Waals surface area contributed by atoms with Crippen LogP contribution in [0.25, 0.3) is 0 Å². The third kappa shape index (κ3) is 3.03. The summed E-state index contributed by atoms with van der Waals surface area (Å²) < 4.78 is 5.12. The van der Waals surface area contributed by atoms with Gasteiger partial charge in [-0.25, -0.2) is 0 Å². The quantitative estimate of drug-likeness (QED) is 0.621. The molecule has 1 aromatic rings. The molecule has 1 rings (SSSR count). The molecule has 0 bridgehead atoms. The minimum Gasteiger partial charge on any atom is -0.495 e. The van der Waals surface area contributed by atoms with Crippen LogP contribution in [0.3, 0.4) is 0 Å². The van der Waals surface area contributed by atoms with Crippen molar-refractivity contribution in [2.45, 2.75) is 13.3 Å². The van der Waals surface area contributed by atoms with Crippen LogP contribution in [0.1, 0.15) is 23.7 Å². The van der Waals surface area contributed by atoms with Gasteiger partial charge < -0.3 is 15.4 Å². The molecule has 0 heterocycles. The van der Waals surface area contributed by atoms with Crippen LogP contribution >= 0.6 is 0 Å². The molecule has 0 aliphatic rings. The first kappa shape index (κ1) is 14.1. The zero-order valence-electron chi connectivity index (χ0n) is 11.0. The van der Waals surface area contributed by atoms with Crippen molar-refractivity contribution in [2.75, 3.05) is 25.9 Å². The number of carbonyl (C=O) groups is 1. The van der Waals surface area contributed by atoms with Gasteiger partial charge in [0.1, 0.15) is 5.75 Å². The van der Waals surface area contributed by atoms with Crippen molar-refractivity contribution in [1.29, 1.82) is 0 Å². The molecule has 1 amide bonds. The van der Waals surface area contributed by atoms with Crippen LogP contribution in [-0.2, 0) is 0 Å². The number of nitrogens with zero attached hydrogens (tertiary/aromatic N) is 1. The highest BCUT2D eigenvalue weighted by atomic mass is 16.5. The van der Waals surface area contributed by atoms with E-state index in [-0.39, 0.29) is 5.91 Å². The van der Waals surface area contributed by atoms with Gasteiger partial charge in [-0.2, -0.15) is 0 Å². The smallest absolute Gasteiger partial charge is 0.256 e. The second kappa shape index (κ2) is 6.69. The van der Waals surface area contributed by atoms with Gasteiger partial charge >= 0.3 is 0 Å². The van der Waals surface area contributed by atoms with Gasteiger partial charge in [-0.3, -0.25) is 4.79 Å². The van der Waals surface area contributed by atoms with E-state index in [1.165, 1.54) is 7.11 Å². The van der Waals surface area contributed by atoms with E-state index in [9.17, 15) is 4.79 Å². The summed E-state index contributed by atoms with van der Waals surface area (Å²) in [5.41, 5.74) is 6.79. The second-order valence-corrected chi connectivity index (χ2v) is 3.96. The number of nitrogen functional groups attached to an aromatic ring is 1. The molecule has 0 radical (unpaired) electrons. The van der Waals surface area contributed by atoms with Crippen LogP contribution in [-0.4, -0.2) is 31.0 Å². The Morgan fingerprint density at radius 3 is 2.83 bits per heavy atom. The number of hydrogen-bond acceptors (Lipinski definition) is 3. The van der Waals surface area contributed by atoms with E-state index in [0.717, 1.165) is 6.42 Å². The number of ether oxygens (including phenoxy) is 1. The molecule has 1 aromatic carbocycles. The summed E-state index contributed by atoms with van der Waals surface area (Å²) in [5.74, 6) is 0.434. The maximum absolute atomic E-state index is 12.4. The van der Waals surface area contributed by atoms with E-state index >= 15 is 0 Å². The van der Waals surface area contributed by atoms with E-state index in [0.29, 0.717) is 30.1 Å². The fraction of sp³-hybridized carbons (Fsp3) is 0.357. The van der Waals surface area contributed by atoms with Crippen LogP contribution in [0.15, 0.2) is 30.9 Å². The number of nitrogens with two attached hydrogens (primary N) is 1. The molecule has 0 aromatic heterocycles. The molecule has 4 heteroatoms. The summed E-state index contributed by atoms with van der Waals surface area (Å²) in [6.07, 6.45) is 2.60. The standard InChI is InChI=1S/C14H20N2O2/c1-4-9-16(10-5-2)14(17)11-7-6-8-12(18-3)13(11)15/h4,6-8H,1,5,9-10,15H2,2-3H3. The molecule has 0 fully saturated rings. The predicted molar refractivity (Wildman–Crippen MR) is 73.8 cm³/mol. The predicted octanol–water partition coefficient (Wildman–Crippen LogP) is 2.32. The number of carbonyl (C=O) groups excluding carboxylic acids is 1. The number of hydrogen-bond donors (Lipinski definition) is 1. The summed E-state index contributed by atoms with van der Waals surface area (Å²) in [4.78, 5) is 14.1. The SMILES string of the molecule is C=CCN(CCC)C(=O)c1cccc(OC)c1N. The van der Waals surface area contributed by atoms with Crippen molar-refractivity contribution in [3.63, 3.8) is 0 Å². The highest BCUT2D eigenvalue weighted by Crippen LogP contribution is 2.25. The van der Waals surface area contributed by atoms with E-state index < -0.39 is 0 Å². The van der Waals surface area contributed by atoms with E-state index in [2.05, 4.69) is 6.58 Å². The molecule has 0 spiro atoms. The third-order valence-corrected chi connectivity index (χ3v) is 2.65. The van der Waals surface area contributed by atoms with Gasteiger partial charge in [0.15, 0.2) is 0 Å². The average Bonchev–Trinajstić information content (AvgIpc) is 2.38. The van der Waals surface area contributed by atoms with Gasteiger partial charge in [0.25, 0.3) is 5.91 Å². The monoisotopic (exact) mass is 248 g/mol. The minimum absolute atomic E-state index is 0.0897. The Morgan fingerprint density at radius 1 is 1.56 bits per heavy atom. The average molecular weight is 248 g/mol. The molecular weight excluding hydrogens is 228 g/mol. The number of amides is 1. The Labute approximate surface area is 108 Å². The van der Waals surface area contributed by atoms with Crippen molar-refractivity contribution in [3.05, 3.63) is 36.4 Å². The summed E-state index contributed by atoms with van der Waals surface area (Å²) in [5, 5.41) is 0. The van der Waals surface area contributed by atoms with Crippen LogP contribution < -0.4 is 10.5 Å². The maximum atomic E-state index is 12.4. The molecule has 0 unspecified atom stereocenters. The van der Waals surface area contributed by atoms with Gasteiger partial charge in [0, 0.05) is 13.1 Å². The zero-order chi connectivity index (χ0) is 13.5. The van der Waals surface area contributed by atoms with Gasteiger partial charge in [-0.1, -0.05) is 19.1 Å². The number of benzene rings is 1. The summed E-state index contributed by atoms with van der Waals surface area (Å²) in [6.45, 7) is 6.89. The molecule has 0 aliphatic heterocycles. The molecule has 98 valence electrons. The fourth-order valence-corrected chi connectivity index (χ4v) is 1.78. The summed E-state index contributed by atoms with van der Waals surface area (Å²) in [6, 6.07) is 5.22. The Hall–Kier alpha value is -1.97. The second-order valence-electron chi connectivity index (χ2n) is 3.96. The fourth-order valence-electron chi connectivity index (χ4n) is 1.78. The van der Waals surface area contributed by atoms with Crippen LogP contribution in [0.2, 0.25) is 0 Å². The van der Waals surface area contributed by atoms with Gasteiger partial charge in [-0.05, 0) is 18.6 Å². The minimum atomic E-state index is -0.0897. The number of rotatable bonds is 6. The number of methoxy groups -OCH3 is 1. The first-order valence-corrected chi connectivity index (χ1v) is 5.98. The molecule has 0 aliphatic carbocycles. The van der Waals surface area contributed by atoms with Crippen LogP contribution in [0.5, 0.6) is 5.75 Å². The van der Waals surface area contributed by atoms with Crippen molar-refractivity contribution in [2.24, 2.45) is 0 Å². The lowest BCUT2D eigenvalue weighted by atomic mass is 10.1.